The summed E-state index contributed by atoms with van der Waals surface area (Å²) in [6.07, 6.45) is 0. The van der Waals surface area contributed by atoms with Crippen molar-refractivity contribution in [1.82, 2.24) is 0 Å². The number of nitrogens with one attached hydrogen (secondary N) is 2. The molecule has 0 saturated carbocycles. The fourth-order valence-corrected chi connectivity index (χ4v) is 3.09. The second-order valence-electron chi connectivity index (χ2n) is 5.67. The Morgan fingerprint density at radius 1 is 1.00 bits per heavy atom. The van der Waals surface area contributed by atoms with E-state index < -0.39 is 25.4 Å². The predicted octanol–water partition coefficient (Wildman–Crippen LogP) is -0.807. The first-order valence-electron chi connectivity index (χ1n) is 7.62. The van der Waals surface area contributed by atoms with Gasteiger partial charge < -0.3 is 14.6 Å². The molecule has 8 nitrogen and oxygen atoms in total. The minimum Gasteiger partial charge on any atom is -0.744 e. The number of anilines is 2. The van der Waals surface area contributed by atoms with Crippen LogP contribution in [0.5, 0.6) is 5.75 Å². The van der Waals surface area contributed by atoms with E-state index in [-0.39, 0.29) is 68.8 Å². The van der Waals surface area contributed by atoms with Crippen molar-refractivity contribution in [3.8, 4) is 5.75 Å². The average Bonchev–Trinajstić information content (AvgIpc) is 2.54. The van der Waals surface area contributed by atoms with Gasteiger partial charge in [-0.25, -0.2) is 16.8 Å². The Hall–Kier alpha value is -0.664. The number of hydrogen-bond donors (Lipinski definition) is 2. The van der Waals surface area contributed by atoms with E-state index in [0.717, 1.165) is 6.07 Å². The van der Waals surface area contributed by atoms with E-state index in [4.69, 9.17) is 4.74 Å². The first-order chi connectivity index (χ1) is 12.1. The minimum atomic E-state index is -4.55. The zero-order valence-corrected chi connectivity index (χ0v) is 19.9. The number of rotatable bonds is 8. The molecular formula is C16H19KN2O6S2. The molecule has 2 rings (SSSR count). The molecule has 11 heteroatoms. The van der Waals surface area contributed by atoms with Crippen LogP contribution < -0.4 is 66.2 Å². The maximum Gasteiger partial charge on any atom is 1.00 e. The van der Waals surface area contributed by atoms with E-state index in [1.54, 1.807) is 38.1 Å². The summed E-state index contributed by atoms with van der Waals surface area (Å²) in [4.78, 5) is -0.375. The van der Waals surface area contributed by atoms with Crippen molar-refractivity contribution in [2.75, 3.05) is 16.8 Å². The number of hydrogen-bond acceptors (Lipinski definition) is 7. The van der Waals surface area contributed by atoms with Crippen molar-refractivity contribution >= 4 is 31.5 Å². The van der Waals surface area contributed by atoms with Gasteiger partial charge in [0.1, 0.15) is 15.9 Å². The summed E-state index contributed by atoms with van der Waals surface area (Å²) < 4.78 is 64.6. The molecule has 0 heterocycles. The summed E-state index contributed by atoms with van der Waals surface area (Å²) >= 11 is 0. The molecule has 0 atom stereocenters. The fourth-order valence-electron chi connectivity index (χ4n) is 1.90. The molecule has 0 unspecified atom stereocenters. The maximum atomic E-state index is 11.9. The SMILES string of the molecule is CC(C)S(=O)(=O)Nc1cccc(NCOc2cccc(S(=O)(=O)[O-])c2)c1.[K+]. The molecule has 27 heavy (non-hydrogen) atoms. The number of benzene rings is 2. The molecule has 0 radical (unpaired) electrons. The standard InChI is InChI=1S/C16H20N2O6S2.K/c1-12(2)25(19,20)18-14-6-3-5-13(9-14)17-11-24-15-7-4-8-16(10-15)26(21,22)23;/h3-10,12,17-18H,11H2,1-2H3,(H,21,22,23);/q;+1/p-1. The molecule has 0 fully saturated rings. The number of ether oxygens (including phenoxy) is 1. The molecule has 0 bridgehead atoms. The van der Waals surface area contributed by atoms with E-state index in [1.807, 2.05) is 0 Å². The van der Waals surface area contributed by atoms with Crippen LogP contribution in [0.4, 0.5) is 11.4 Å². The molecule has 0 aliphatic rings. The topological polar surface area (TPSA) is 125 Å². The second kappa shape index (κ2) is 10.2. The van der Waals surface area contributed by atoms with Gasteiger partial charge in [0, 0.05) is 5.69 Å². The van der Waals surface area contributed by atoms with Gasteiger partial charge in [0.15, 0.2) is 6.73 Å². The van der Waals surface area contributed by atoms with Gasteiger partial charge >= 0.3 is 51.4 Å². The summed E-state index contributed by atoms with van der Waals surface area (Å²) in [7, 11) is -7.99. The minimum absolute atomic E-state index is 0. The van der Waals surface area contributed by atoms with E-state index in [9.17, 15) is 21.4 Å². The van der Waals surface area contributed by atoms with E-state index in [0.29, 0.717) is 11.4 Å². The fraction of sp³-hybridized carbons (Fsp3) is 0.250. The van der Waals surface area contributed by atoms with Crippen LogP contribution in [-0.2, 0) is 20.1 Å². The summed E-state index contributed by atoms with van der Waals surface area (Å²) in [6.45, 7) is 3.14. The monoisotopic (exact) mass is 438 g/mol. The Balaban J connectivity index is 0.00000364. The van der Waals surface area contributed by atoms with E-state index >= 15 is 0 Å². The Morgan fingerprint density at radius 2 is 1.63 bits per heavy atom. The quantitative estimate of drug-likeness (QED) is 0.314. The van der Waals surface area contributed by atoms with Crippen LogP contribution in [-0.4, -0.2) is 33.4 Å². The molecule has 2 aromatic carbocycles. The molecule has 142 valence electrons. The molecule has 0 aromatic heterocycles. The summed E-state index contributed by atoms with van der Waals surface area (Å²) in [5, 5.41) is 2.36. The summed E-state index contributed by atoms with van der Waals surface area (Å²) in [5.74, 6) is 0.214. The van der Waals surface area contributed by atoms with Crippen LogP contribution in [0, 0.1) is 0 Å². The van der Waals surface area contributed by atoms with Crippen LogP contribution in [0.3, 0.4) is 0 Å². The third kappa shape index (κ3) is 7.70. The molecule has 0 saturated heterocycles. The van der Waals surface area contributed by atoms with Crippen molar-refractivity contribution in [2.24, 2.45) is 0 Å². The van der Waals surface area contributed by atoms with Gasteiger partial charge in [0.25, 0.3) is 0 Å². The van der Waals surface area contributed by atoms with Crippen LogP contribution in [0.25, 0.3) is 0 Å². The van der Waals surface area contributed by atoms with Crippen molar-refractivity contribution in [1.29, 1.82) is 0 Å². The number of sulfonamides is 1. The van der Waals surface area contributed by atoms with Gasteiger partial charge in [-0.15, -0.1) is 0 Å². The van der Waals surface area contributed by atoms with Crippen LogP contribution in [0.1, 0.15) is 13.8 Å². The van der Waals surface area contributed by atoms with E-state index in [1.165, 1.54) is 18.2 Å². The Kier molecular flexibility index (Phi) is 9.22. The average molecular weight is 439 g/mol. The molecule has 0 aliphatic heterocycles. The van der Waals surface area contributed by atoms with Gasteiger partial charge in [0.05, 0.1) is 15.8 Å². The zero-order valence-electron chi connectivity index (χ0n) is 15.2. The predicted molar refractivity (Wildman–Crippen MR) is 97.6 cm³/mol. The van der Waals surface area contributed by atoms with Gasteiger partial charge in [-0.2, -0.15) is 0 Å². The molecule has 0 aliphatic carbocycles. The van der Waals surface area contributed by atoms with Crippen LogP contribution in [0.2, 0.25) is 0 Å². The summed E-state index contributed by atoms with van der Waals surface area (Å²) in [6, 6.07) is 11.9. The van der Waals surface area contributed by atoms with Gasteiger partial charge in [-0.3, -0.25) is 4.72 Å². The van der Waals surface area contributed by atoms with Crippen molar-refractivity contribution in [3.63, 3.8) is 0 Å². The Labute approximate surface area is 201 Å². The molecule has 2 aromatic rings. The third-order valence-electron chi connectivity index (χ3n) is 3.35. The first kappa shape index (κ1) is 24.4. The van der Waals surface area contributed by atoms with Gasteiger partial charge in [0.2, 0.25) is 10.0 Å². The second-order valence-corrected chi connectivity index (χ2v) is 9.29. The molecule has 0 amide bonds. The van der Waals surface area contributed by atoms with Crippen LogP contribution in [0.15, 0.2) is 53.4 Å². The maximum absolute atomic E-state index is 11.9. The van der Waals surface area contributed by atoms with Gasteiger partial charge in [-0.1, -0.05) is 12.1 Å². The van der Waals surface area contributed by atoms with E-state index in [2.05, 4.69) is 10.0 Å². The van der Waals surface area contributed by atoms with Crippen molar-refractivity contribution in [2.45, 2.75) is 24.0 Å². The van der Waals surface area contributed by atoms with Gasteiger partial charge in [-0.05, 0) is 50.2 Å². The Morgan fingerprint density at radius 3 is 2.26 bits per heavy atom. The molecule has 0 spiro atoms. The molecule has 2 N–H and O–H groups in total. The zero-order chi connectivity index (χ0) is 19.4. The smallest absolute Gasteiger partial charge is 0.744 e. The van der Waals surface area contributed by atoms with Crippen LogP contribution >= 0.6 is 0 Å². The largest absolute Gasteiger partial charge is 1.00 e. The third-order valence-corrected chi connectivity index (χ3v) is 5.95. The Bertz CT molecular complexity index is 978. The molecular weight excluding hydrogens is 419 g/mol. The first-order valence-corrected chi connectivity index (χ1v) is 10.6. The summed E-state index contributed by atoms with van der Waals surface area (Å²) in [5.41, 5.74) is 1.00. The van der Waals surface area contributed by atoms with Crippen molar-refractivity contribution in [3.05, 3.63) is 48.5 Å². The van der Waals surface area contributed by atoms with Crippen molar-refractivity contribution < 1.29 is 77.5 Å². The normalized spacial score (nSPS) is 11.6.